The standard InChI is InChI=1S/C19H17FN4O5S/c1-13(14-4-6-15(20)7-5-14)22-23-18-9-8-17(11-19(18)24(25)26)30(27,28)21-12-16-3-2-10-29-16/h2-11,21,23H,12H2,1H3. The monoisotopic (exact) mass is 432 g/mol. The minimum atomic E-state index is -4.00. The van der Waals surface area contributed by atoms with Crippen LogP contribution in [0, 0.1) is 15.9 Å². The van der Waals surface area contributed by atoms with Crippen molar-refractivity contribution in [2.24, 2.45) is 5.10 Å². The zero-order valence-corrected chi connectivity index (χ0v) is 16.5. The molecule has 0 aliphatic heterocycles. The molecule has 0 saturated carbocycles. The lowest BCUT2D eigenvalue weighted by Crippen LogP contribution is -2.23. The number of halogens is 1. The Morgan fingerprint density at radius 2 is 1.93 bits per heavy atom. The van der Waals surface area contributed by atoms with Gasteiger partial charge in [-0.25, -0.2) is 17.5 Å². The molecule has 1 heterocycles. The summed E-state index contributed by atoms with van der Waals surface area (Å²) in [5, 5.41) is 15.5. The van der Waals surface area contributed by atoms with E-state index in [1.807, 2.05) is 0 Å². The van der Waals surface area contributed by atoms with E-state index in [0.717, 1.165) is 6.07 Å². The van der Waals surface area contributed by atoms with Gasteiger partial charge in [-0.05, 0) is 48.9 Å². The van der Waals surface area contributed by atoms with Crippen LogP contribution < -0.4 is 10.1 Å². The molecule has 0 unspecified atom stereocenters. The lowest BCUT2D eigenvalue weighted by molar-refractivity contribution is -0.384. The summed E-state index contributed by atoms with van der Waals surface area (Å²) in [7, 11) is -4.00. The molecule has 9 nitrogen and oxygen atoms in total. The molecule has 3 rings (SSSR count). The molecule has 30 heavy (non-hydrogen) atoms. The highest BCUT2D eigenvalue weighted by molar-refractivity contribution is 7.89. The van der Waals surface area contributed by atoms with Crippen molar-refractivity contribution in [1.82, 2.24) is 4.72 Å². The topological polar surface area (TPSA) is 127 Å². The molecule has 0 aliphatic rings. The normalized spacial score (nSPS) is 12.0. The first-order chi connectivity index (χ1) is 14.3. The molecular formula is C19H17FN4O5S. The first-order valence-corrected chi connectivity index (χ1v) is 10.1. The fourth-order valence-electron chi connectivity index (χ4n) is 2.49. The number of nitrogens with one attached hydrogen (secondary N) is 2. The number of sulfonamides is 1. The van der Waals surface area contributed by atoms with Crippen LogP contribution in [0.25, 0.3) is 0 Å². The molecule has 2 N–H and O–H groups in total. The van der Waals surface area contributed by atoms with Crippen LogP contribution in [0.15, 0.2) is 75.3 Å². The Morgan fingerprint density at radius 1 is 1.20 bits per heavy atom. The molecule has 0 aliphatic carbocycles. The molecule has 0 fully saturated rings. The predicted molar refractivity (Wildman–Crippen MR) is 108 cm³/mol. The van der Waals surface area contributed by atoms with Crippen molar-refractivity contribution in [3.8, 4) is 0 Å². The second-order valence-corrected chi connectivity index (χ2v) is 7.92. The van der Waals surface area contributed by atoms with Gasteiger partial charge in [0, 0.05) is 6.07 Å². The molecule has 156 valence electrons. The van der Waals surface area contributed by atoms with E-state index in [-0.39, 0.29) is 17.1 Å². The third-order valence-corrected chi connectivity index (χ3v) is 5.50. The summed E-state index contributed by atoms with van der Waals surface area (Å²) in [5.74, 6) is 0.00423. The van der Waals surface area contributed by atoms with Crippen molar-refractivity contribution in [3.05, 3.63) is 88.1 Å². The average Bonchev–Trinajstić information content (AvgIpc) is 3.24. The molecule has 0 radical (unpaired) electrons. The largest absolute Gasteiger partial charge is 0.468 e. The van der Waals surface area contributed by atoms with E-state index < -0.39 is 26.5 Å². The Kier molecular flexibility index (Phi) is 6.23. The maximum atomic E-state index is 13.0. The zero-order chi connectivity index (χ0) is 21.7. The van der Waals surface area contributed by atoms with Gasteiger partial charge >= 0.3 is 0 Å². The van der Waals surface area contributed by atoms with E-state index in [2.05, 4.69) is 15.2 Å². The van der Waals surface area contributed by atoms with Crippen molar-refractivity contribution >= 4 is 27.1 Å². The Morgan fingerprint density at radius 3 is 2.57 bits per heavy atom. The summed E-state index contributed by atoms with van der Waals surface area (Å²) >= 11 is 0. The summed E-state index contributed by atoms with van der Waals surface area (Å²) in [6.07, 6.45) is 1.41. The van der Waals surface area contributed by atoms with Crippen molar-refractivity contribution in [3.63, 3.8) is 0 Å². The SMILES string of the molecule is CC(=NNc1ccc(S(=O)(=O)NCc2ccco2)cc1[N+](=O)[O-])c1ccc(F)cc1. The number of nitro groups is 1. The maximum absolute atomic E-state index is 13.0. The van der Waals surface area contributed by atoms with Gasteiger partial charge in [-0.15, -0.1) is 0 Å². The Balaban J connectivity index is 1.81. The first-order valence-electron chi connectivity index (χ1n) is 8.63. The van der Waals surface area contributed by atoms with E-state index in [9.17, 15) is 22.9 Å². The van der Waals surface area contributed by atoms with Gasteiger partial charge in [0.05, 0.1) is 28.3 Å². The van der Waals surface area contributed by atoms with Gasteiger partial charge in [0.15, 0.2) is 0 Å². The van der Waals surface area contributed by atoms with Crippen LogP contribution in [0.3, 0.4) is 0 Å². The van der Waals surface area contributed by atoms with E-state index in [1.54, 1.807) is 19.1 Å². The van der Waals surface area contributed by atoms with Gasteiger partial charge < -0.3 is 4.42 Å². The van der Waals surface area contributed by atoms with Gasteiger partial charge in [0.1, 0.15) is 17.3 Å². The number of furan rings is 1. The van der Waals surface area contributed by atoms with E-state index >= 15 is 0 Å². The second-order valence-electron chi connectivity index (χ2n) is 6.16. The predicted octanol–water partition coefficient (Wildman–Crippen LogP) is 3.64. The van der Waals surface area contributed by atoms with Gasteiger partial charge in [-0.3, -0.25) is 15.5 Å². The number of hydrogen-bond donors (Lipinski definition) is 2. The highest BCUT2D eigenvalue weighted by Gasteiger charge is 2.21. The number of benzene rings is 2. The lowest BCUT2D eigenvalue weighted by Gasteiger charge is -2.08. The van der Waals surface area contributed by atoms with Gasteiger partial charge in [0.2, 0.25) is 10.0 Å². The van der Waals surface area contributed by atoms with E-state index in [4.69, 9.17) is 4.42 Å². The summed E-state index contributed by atoms with van der Waals surface area (Å²) in [5.41, 5.74) is 3.18. The van der Waals surface area contributed by atoms with E-state index in [1.165, 1.54) is 42.7 Å². The summed E-state index contributed by atoms with van der Waals surface area (Å²) < 4.78 is 45.3. The van der Waals surface area contributed by atoms with Gasteiger partial charge in [0.25, 0.3) is 5.69 Å². The lowest BCUT2D eigenvalue weighted by atomic mass is 10.1. The molecular weight excluding hydrogens is 415 g/mol. The average molecular weight is 432 g/mol. The van der Waals surface area contributed by atoms with Crippen molar-refractivity contribution in [1.29, 1.82) is 0 Å². The number of nitrogens with zero attached hydrogens (tertiary/aromatic N) is 2. The highest BCUT2D eigenvalue weighted by atomic mass is 32.2. The van der Waals surface area contributed by atoms with Crippen LogP contribution in [-0.4, -0.2) is 19.1 Å². The van der Waals surface area contributed by atoms with Crippen LogP contribution >= 0.6 is 0 Å². The Labute approximate surface area is 171 Å². The molecule has 0 atom stereocenters. The van der Waals surface area contributed by atoms with Crippen molar-refractivity contribution in [2.75, 3.05) is 5.43 Å². The number of nitro benzene ring substituents is 1. The molecule has 2 aromatic carbocycles. The molecule has 11 heteroatoms. The number of anilines is 1. The number of hydrazone groups is 1. The van der Waals surface area contributed by atoms with Crippen LogP contribution in [-0.2, 0) is 16.6 Å². The highest BCUT2D eigenvalue weighted by Crippen LogP contribution is 2.28. The molecule has 1 aromatic heterocycles. The van der Waals surface area contributed by atoms with Crippen LogP contribution in [0.1, 0.15) is 18.2 Å². The van der Waals surface area contributed by atoms with E-state index in [0.29, 0.717) is 17.0 Å². The van der Waals surface area contributed by atoms with Gasteiger partial charge in [-0.1, -0.05) is 12.1 Å². The van der Waals surface area contributed by atoms with Crippen molar-refractivity contribution < 1.29 is 22.1 Å². The van der Waals surface area contributed by atoms with Crippen LogP contribution in [0.4, 0.5) is 15.8 Å². The molecule has 0 amide bonds. The molecule has 0 bridgehead atoms. The fraction of sp³-hybridized carbons (Fsp3) is 0.105. The number of hydrogen-bond acceptors (Lipinski definition) is 7. The molecule has 0 spiro atoms. The summed E-state index contributed by atoms with van der Waals surface area (Å²) in [6, 6.07) is 12.2. The summed E-state index contributed by atoms with van der Waals surface area (Å²) in [6.45, 7) is 1.55. The first kappa shape index (κ1) is 21.1. The van der Waals surface area contributed by atoms with Crippen molar-refractivity contribution in [2.45, 2.75) is 18.4 Å². The Hall–Kier alpha value is -3.57. The molecule has 0 saturated heterocycles. The maximum Gasteiger partial charge on any atom is 0.295 e. The number of rotatable bonds is 8. The molecule has 3 aromatic rings. The van der Waals surface area contributed by atoms with Gasteiger partial charge in [-0.2, -0.15) is 5.10 Å². The Bertz CT molecular complexity index is 1180. The quantitative estimate of drug-likeness (QED) is 0.318. The zero-order valence-electron chi connectivity index (χ0n) is 15.7. The van der Waals surface area contributed by atoms with Crippen LogP contribution in [0.2, 0.25) is 0 Å². The van der Waals surface area contributed by atoms with Crippen LogP contribution in [0.5, 0.6) is 0 Å². The summed E-state index contributed by atoms with van der Waals surface area (Å²) in [4.78, 5) is 10.5. The fourth-order valence-corrected chi connectivity index (χ4v) is 3.50. The third kappa shape index (κ3) is 5.07. The minimum Gasteiger partial charge on any atom is -0.468 e. The third-order valence-electron chi connectivity index (χ3n) is 4.10. The second kappa shape index (κ2) is 8.84. The minimum absolute atomic E-state index is 0.00597. The smallest absolute Gasteiger partial charge is 0.295 e.